The van der Waals surface area contributed by atoms with E-state index in [2.05, 4.69) is 5.32 Å². The standard InChI is InChI=1S/C17H20Cl2N2O2S/c1-12(20-11-14-5-4-6-16(18)17(14)19)13-7-9-15(10-8-13)24(22,23)21(2)3/h4-10,12,20H,11H2,1-3H3. The molecule has 1 atom stereocenters. The number of benzene rings is 2. The molecular formula is C17H20Cl2N2O2S. The van der Waals surface area contributed by atoms with Gasteiger partial charge in [-0.3, -0.25) is 0 Å². The van der Waals surface area contributed by atoms with Crippen molar-refractivity contribution < 1.29 is 8.42 Å². The number of halogens is 2. The molecular weight excluding hydrogens is 367 g/mol. The summed E-state index contributed by atoms with van der Waals surface area (Å²) in [5, 5.41) is 4.44. The molecule has 0 spiro atoms. The first-order valence-corrected chi connectivity index (χ1v) is 9.62. The Morgan fingerprint density at radius 1 is 1.08 bits per heavy atom. The van der Waals surface area contributed by atoms with Crippen molar-refractivity contribution in [2.75, 3.05) is 14.1 Å². The van der Waals surface area contributed by atoms with E-state index in [1.807, 2.05) is 31.2 Å². The molecule has 0 aliphatic heterocycles. The number of rotatable bonds is 6. The Balaban J connectivity index is 2.08. The van der Waals surface area contributed by atoms with E-state index in [1.54, 1.807) is 18.2 Å². The highest BCUT2D eigenvalue weighted by molar-refractivity contribution is 7.89. The first kappa shape index (κ1) is 19.2. The van der Waals surface area contributed by atoms with Crippen LogP contribution in [0, 0.1) is 0 Å². The summed E-state index contributed by atoms with van der Waals surface area (Å²) in [7, 11) is -0.372. The molecule has 0 radical (unpaired) electrons. The van der Waals surface area contributed by atoms with E-state index < -0.39 is 10.0 Å². The lowest BCUT2D eigenvalue weighted by Crippen LogP contribution is -2.22. The monoisotopic (exact) mass is 386 g/mol. The second-order valence-electron chi connectivity index (χ2n) is 5.67. The summed E-state index contributed by atoms with van der Waals surface area (Å²) in [5.74, 6) is 0. The first-order valence-electron chi connectivity index (χ1n) is 7.42. The van der Waals surface area contributed by atoms with E-state index in [0.717, 1.165) is 11.1 Å². The van der Waals surface area contributed by atoms with Gasteiger partial charge >= 0.3 is 0 Å². The largest absolute Gasteiger partial charge is 0.306 e. The highest BCUT2D eigenvalue weighted by Crippen LogP contribution is 2.26. The van der Waals surface area contributed by atoms with E-state index in [4.69, 9.17) is 23.2 Å². The predicted molar refractivity (Wildman–Crippen MR) is 99.0 cm³/mol. The molecule has 0 amide bonds. The molecule has 2 aromatic rings. The van der Waals surface area contributed by atoms with Gasteiger partial charge in [0.2, 0.25) is 10.0 Å². The van der Waals surface area contributed by atoms with Crippen LogP contribution in [0.2, 0.25) is 10.0 Å². The predicted octanol–water partition coefficient (Wildman–Crippen LogP) is 4.09. The fourth-order valence-corrected chi connectivity index (χ4v) is 3.49. The molecule has 0 saturated heterocycles. The highest BCUT2D eigenvalue weighted by Gasteiger charge is 2.17. The summed E-state index contributed by atoms with van der Waals surface area (Å²) in [6.07, 6.45) is 0. The van der Waals surface area contributed by atoms with Gasteiger partial charge in [-0.25, -0.2) is 12.7 Å². The second kappa shape index (κ2) is 7.85. The van der Waals surface area contributed by atoms with Crippen LogP contribution in [0.3, 0.4) is 0 Å². The molecule has 130 valence electrons. The van der Waals surface area contributed by atoms with E-state index in [0.29, 0.717) is 16.6 Å². The van der Waals surface area contributed by atoms with Crippen molar-refractivity contribution in [2.45, 2.75) is 24.4 Å². The third-order valence-corrected chi connectivity index (χ3v) is 6.48. The Bertz CT molecular complexity index is 806. The Hall–Kier alpha value is -1.11. The average Bonchev–Trinajstić information content (AvgIpc) is 2.56. The normalized spacial score (nSPS) is 13.2. The molecule has 2 rings (SSSR count). The molecule has 4 nitrogen and oxygen atoms in total. The van der Waals surface area contributed by atoms with Gasteiger partial charge in [-0.2, -0.15) is 0 Å². The minimum atomic E-state index is -3.40. The van der Waals surface area contributed by atoms with Crippen molar-refractivity contribution in [3.05, 3.63) is 63.6 Å². The van der Waals surface area contributed by atoms with Crippen molar-refractivity contribution in [1.82, 2.24) is 9.62 Å². The Morgan fingerprint density at radius 2 is 1.71 bits per heavy atom. The van der Waals surface area contributed by atoms with Crippen LogP contribution in [-0.2, 0) is 16.6 Å². The van der Waals surface area contributed by atoms with Gasteiger partial charge in [-0.05, 0) is 36.2 Å². The molecule has 0 saturated carbocycles. The second-order valence-corrected chi connectivity index (χ2v) is 8.61. The maximum atomic E-state index is 12.1. The smallest absolute Gasteiger partial charge is 0.242 e. The zero-order valence-corrected chi connectivity index (χ0v) is 16.1. The van der Waals surface area contributed by atoms with Crippen molar-refractivity contribution in [1.29, 1.82) is 0 Å². The van der Waals surface area contributed by atoms with Gasteiger partial charge in [0, 0.05) is 26.7 Å². The Morgan fingerprint density at radius 3 is 2.29 bits per heavy atom. The minimum Gasteiger partial charge on any atom is -0.306 e. The number of nitrogens with one attached hydrogen (secondary N) is 1. The summed E-state index contributed by atoms with van der Waals surface area (Å²) in [6.45, 7) is 2.58. The fraction of sp³-hybridized carbons (Fsp3) is 0.294. The van der Waals surface area contributed by atoms with Gasteiger partial charge in [0.25, 0.3) is 0 Å². The van der Waals surface area contributed by atoms with Crippen LogP contribution in [0.1, 0.15) is 24.1 Å². The maximum Gasteiger partial charge on any atom is 0.242 e. The van der Waals surface area contributed by atoms with Gasteiger partial charge in [0.1, 0.15) is 0 Å². The molecule has 1 unspecified atom stereocenters. The van der Waals surface area contributed by atoms with Crippen LogP contribution in [0.15, 0.2) is 47.4 Å². The van der Waals surface area contributed by atoms with E-state index in [9.17, 15) is 8.42 Å². The third-order valence-electron chi connectivity index (χ3n) is 3.79. The lowest BCUT2D eigenvalue weighted by Gasteiger charge is -2.16. The molecule has 0 heterocycles. The van der Waals surface area contributed by atoms with Crippen molar-refractivity contribution in [3.8, 4) is 0 Å². The van der Waals surface area contributed by atoms with Gasteiger partial charge < -0.3 is 5.32 Å². The third kappa shape index (κ3) is 4.29. The van der Waals surface area contributed by atoms with Crippen LogP contribution < -0.4 is 5.32 Å². The zero-order chi connectivity index (χ0) is 17.9. The topological polar surface area (TPSA) is 49.4 Å². The SMILES string of the molecule is CC(NCc1cccc(Cl)c1Cl)c1ccc(S(=O)(=O)N(C)C)cc1. The van der Waals surface area contributed by atoms with Crippen LogP contribution in [0.25, 0.3) is 0 Å². The van der Waals surface area contributed by atoms with Crippen molar-refractivity contribution >= 4 is 33.2 Å². The number of hydrogen-bond acceptors (Lipinski definition) is 3. The van der Waals surface area contributed by atoms with Gasteiger partial charge in [-0.1, -0.05) is 47.5 Å². The Kier molecular flexibility index (Phi) is 6.28. The summed E-state index contributed by atoms with van der Waals surface area (Å²) >= 11 is 12.2. The number of nitrogens with zero attached hydrogens (tertiary/aromatic N) is 1. The summed E-state index contributed by atoms with van der Waals surface area (Å²) in [6, 6.07) is 12.4. The van der Waals surface area contributed by atoms with Crippen molar-refractivity contribution in [3.63, 3.8) is 0 Å². The lowest BCUT2D eigenvalue weighted by atomic mass is 10.1. The maximum absolute atomic E-state index is 12.1. The van der Waals surface area contributed by atoms with Gasteiger partial charge in [0.15, 0.2) is 0 Å². The fourth-order valence-electron chi connectivity index (χ4n) is 2.21. The van der Waals surface area contributed by atoms with Crippen LogP contribution in [0.5, 0.6) is 0 Å². The quantitative estimate of drug-likeness (QED) is 0.812. The van der Waals surface area contributed by atoms with E-state index >= 15 is 0 Å². The first-order chi connectivity index (χ1) is 11.2. The van der Waals surface area contributed by atoms with Crippen LogP contribution in [-0.4, -0.2) is 26.8 Å². The summed E-state index contributed by atoms with van der Waals surface area (Å²) < 4.78 is 25.4. The van der Waals surface area contributed by atoms with E-state index in [-0.39, 0.29) is 10.9 Å². The summed E-state index contributed by atoms with van der Waals surface area (Å²) in [5.41, 5.74) is 1.91. The molecule has 0 fully saturated rings. The van der Waals surface area contributed by atoms with Gasteiger partial charge in [-0.15, -0.1) is 0 Å². The molecule has 0 aliphatic carbocycles. The number of sulfonamides is 1. The molecule has 0 aromatic heterocycles. The van der Waals surface area contributed by atoms with Crippen LogP contribution >= 0.6 is 23.2 Å². The van der Waals surface area contributed by atoms with Crippen LogP contribution in [0.4, 0.5) is 0 Å². The van der Waals surface area contributed by atoms with E-state index in [1.165, 1.54) is 18.4 Å². The highest BCUT2D eigenvalue weighted by atomic mass is 35.5. The Labute approximate surface area is 153 Å². The van der Waals surface area contributed by atoms with Crippen molar-refractivity contribution in [2.24, 2.45) is 0 Å². The molecule has 24 heavy (non-hydrogen) atoms. The average molecular weight is 387 g/mol. The molecule has 0 bridgehead atoms. The summed E-state index contributed by atoms with van der Waals surface area (Å²) in [4.78, 5) is 0.279. The zero-order valence-electron chi connectivity index (χ0n) is 13.8. The molecule has 0 aliphatic rings. The molecule has 7 heteroatoms. The van der Waals surface area contributed by atoms with Gasteiger partial charge in [0.05, 0.1) is 14.9 Å². The molecule has 1 N–H and O–H groups in total. The minimum absolute atomic E-state index is 0.0381. The number of hydrogen-bond donors (Lipinski definition) is 1. The molecule has 2 aromatic carbocycles. The lowest BCUT2D eigenvalue weighted by molar-refractivity contribution is 0.520.